The molecular weight excluding hydrogens is 203 g/mol. The minimum atomic E-state index is -3.94. The number of halogens is 3. The van der Waals surface area contributed by atoms with Crippen molar-refractivity contribution < 1.29 is 28.0 Å². The molecule has 0 aliphatic rings. The fourth-order valence-corrected chi connectivity index (χ4v) is 0.841. The number of hydrogen-bond acceptors (Lipinski definition) is 2. The first-order chi connectivity index (χ1) is 6.28. The van der Waals surface area contributed by atoms with Crippen molar-refractivity contribution in [3.05, 3.63) is 0 Å². The van der Waals surface area contributed by atoms with Crippen LogP contribution in [0.5, 0.6) is 0 Å². The molecule has 0 rings (SSSR count). The van der Waals surface area contributed by atoms with Crippen molar-refractivity contribution >= 4 is 11.9 Å². The summed E-state index contributed by atoms with van der Waals surface area (Å²) in [6.07, 6.45) is -3.18. The second-order valence-electron chi connectivity index (χ2n) is 2.65. The van der Waals surface area contributed by atoms with Gasteiger partial charge in [-0.05, 0) is 6.42 Å². The number of carbonyl (C=O) groups is 2. The van der Waals surface area contributed by atoms with Crippen molar-refractivity contribution in [1.29, 1.82) is 0 Å². The molecule has 0 bridgehead atoms. The van der Waals surface area contributed by atoms with E-state index in [1.165, 1.54) is 0 Å². The Morgan fingerprint density at radius 1 is 1.57 bits per heavy atom. The Morgan fingerprint density at radius 2 is 2.00 bits per heavy atom. The van der Waals surface area contributed by atoms with E-state index < -0.39 is 35.4 Å². The Balaban J connectivity index is 5.09. The van der Waals surface area contributed by atoms with Crippen LogP contribution in [-0.2, 0) is 9.59 Å². The molecule has 1 amide bonds. The molecule has 4 nitrogen and oxygen atoms in total. The average molecular weight is 213 g/mol. The van der Waals surface area contributed by atoms with Crippen LogP contribution in [0.4, 0.5) is 13.3 Å². The summed E-state index contributed by atoms with van der Waals surface area (Å²) in [5, 5.41) is 7.06. The van der Waals surface area contributed by atoms with Gasteiger partial charge in [-0.3, -0.25) is 4.79 Å². The van der Waals surface area contributed by atoms with E-state index in [9.17, 15) is 22.9 Å². The van der Waals surface area contributed by atoms with Crippen molar-refractivity contribution in [2.45, 2.75) is 32.2 Å². The van der Waals surface area contributed by atoms with Gasteiger partial charge >= 0.3 is 11.8 Å². The lowest BCUT2D eigenvalue weighted by Crippen LogP contribution is -2.55. The number of amides is 1. The molecule has 82 valence electrons. The Labute approximate surface area is 78.2 Å². The first-order valence-corrected chi connectivity index (χ1v) is 3.81. The number of nitrogens with zero attached hydrogens (tertiary/aromatic N) is 1. The van der Waals surface area contributed by atoms with Gasteiger partial charge in [0.2, 0.25) is 0 Å². The zero-order valence-electron chi connectivity index (χ0n) is 7.63. The van der Waals surface area contributed by atoms with Crippen LogP contribution in [0.15, 0.2) is 0 Å². The highest BCUT2D eigenvalue weighted by atomic mass is 19.2. The zero-order chi connectivity index (χ0) is 11.5. The van der Waals surface area contributed by atoms with Crippen LogP contribution in [0.25, 0.3) is 0 Å². The van der Waals surface area contributed by atoms with Gasteiger partial charge in [-0.2, -0.15) is 0 Å². The first kappa shape index (κ1) is 12.7. The summed E-state index contributed by atoms with van der Waals surface area (Å²) >= 11 is 0. The van der Waals surface area contributed by atoms with Crippen molar-refractivity contribution in [3.8, 4) is 0 Å². The summed E-state index contributed by atoms with van der Waals surface area (Å²) in [4.78, 5) is 20.7. The number of carboxylic acid groups (broad SMARTS) is 1. The minimum absolute atomic E-state index is 0.559. The summed E-state index contributed by atoms with van der Waals surface area (Å²) in [5.74, 6) is -7.82. The fourth-order valence-electron chi connectivity index (χ4n) is 0.841. The Kier molecular flexibility index (Phi) is 3.91. The second-order valence-corrected chi connectivity index (χ2v) is 2.65. The molecule has 0 fully saturated rings. The molecule has 1 unspecified atom stereocenters. The largest absolute Gasteiger partial charge is 0.477 e. The molecule has 0 aromatic rings. The predicted molar refractivity (Wildman–Crippen MR) is 40.3 cm³/mol. The SMILES string of the molecule is CCC(F)[C@@](F)(C(=O)O)N(F)C(C)=O. The lowest BCUT2D eigenvalue weighted by Gasteiger charge is -2.27. The highest BCUT2D eigenvalue weighted by molar-refractivity contribution is 5.84. The Hall–Kier alpha value is -1.27. The van der Waals surface area contributed by atoms with Gasteiger partial charge in [0.25, 0.3) is 5.91 Å². The van der Waals surface area contributed by atoms with E-state index in [0.29, 0.717) is 6.92 Å². The maximum Gasteiger partial charge on any atom is 0.368 e. The van der Waals surface area contributed by atoms with Gasteiger partial charge in [0.15, 0.2) is 6.17 Å². The standard InChI is InChI=1S/C7H10F3NO3/c1-3-5(8)7(9,6(13)14)11(10)4(2)12/h5H,3H2,1-2H3,(H,13,14)/t5?,7-/m0/s1. The van der Waals surface area contributed by atoms with Gasteiger partial charge in [-0.15, -0.1) is 5.12 Å². The molecule has 0 aliphatic heterocycles. The number of aliphatic carboxylic acids is 1. The quantitative estimate of drug-likeness (QED) is 0.564. The van der Waals surface area contributed by atoms with E-state index in [4.69, 9.17) is 5.11 Å². The van der Waals surface area contributed by atoms with E-state index in [0.717, 1.165) is 6.92 Å². The molecule has 2 atom stereocenters. The van der Waals surface area contributed by atoms with Gasteiger partial charge in [0.1, 0.15) is 0 Å². The molecule has 0 aliphatic carbocycles. The van der Waals surface area contributed by atoms with Crippen LogP contribution in [0.1, 0.15) is 20.3 Å². The monoisotopic (exact) mass is 213 g/mol. The third-order valence-electron chi connectivity index (χ3n) is 1.64. The van der Waals surface area contributed by atoms with Gasteiger partial charge in [0, 0.05) is 6.92 Å². The maximum atomic E-state index is 13.3. The highest BCUT2D eigenvalue weighted by Gasteiger charge is 2.54. The normalized spacial score (nSPS) is 16.9. The number of alkyl halides is 2. The average Bonchev–Trinajstić information content (AvgIpc) is 2.13. The lowest BCUT2D eigenvalue weighted by atomic mass is 10.1. The summed E-state index contributed by atoms with van der Waals surface area (Å²) in [7, 11) is 0. The van der Waals surface area contributed by atoms with E-state index in [-0.39, 0.29) is 0 Å². The van der Waals surface area contributed by atoms with Gasteiger partial charge in [-0.1, -0.05) is 11.4 Å². The van der Waals surface area contributed by atoms with Crippen molar-refractivity contribution in [2.24, 2.45) is 0 Å². The number of carboxylic acids is 1. The smallest absolute Gasteiger partial charge is 0.368 e. The Morgan fingerprint density at radius 3 is 2.21 bits per heavy atom. The topological polar surface area (TPSA) is 57.6 Å². The van der Waals surface area contributed by atoms with Crippen LogP contribution in [0.2, 0.25) is 0 Å². The molecule has 1 N–H and O–H groups in total. The van der Waals surface area contributed by atoms with Crippen LogP contribution < -0.4 is 0 Å². The molecule has 0 saturated heterocycles. The summed E-state index contributed by atoms with van der Waals surface area (Å²) in [6.45, 7) is 1.73. The molecule has 14 heavy (non-hydrogen) atoms. The van der Waals surface area contributed by atoms with Crippen LogP contribution in [0, 0.1) is 0 Å². The van der Waals surface area contributed by atoms with Gasteiger partial charge < -0.3 is 5.11 Å². The molecule has 0 saturated carbocycles. The van der Waals surface area contributed by atoms with E-state index in [1.54, 1.807) is 0 Å². The molecule has 0 radical (unpaired) electrons. The van der Waals surface area contributed by atoms with Gasteiger partial charge in [-0.25, -0.2) is 13.6 Å². The first-order valence-electron chi connectivity index (χ1n) is 3.81. The number of carbonyl (C=O) groups excluding carboxylic acids is 1. The Bertz CT molecular complexity index is 248. The number of hydrogen-bond donors (Lipinski definition) is 1. The van der Waals surface area contributed by atoms with E-state index in [2.05, 4.69) is 0 Å². The molecular formula is C7H10F3NO3. The molecule has 0 heterocycles. The maximum absolute atomic E-state index is 13.3. The second kappa shape index (κ2) is 4.30. The third-order valence-corrected chi connectivity index (χ3v) is 1.64. The van der Waals surface area contributed by atoms with Crippen LogP contribution in [0.3, 0.4) is 0 Å². The van der Waals surface area contributed by atoms with Gasteiger partial charge in [0.05, 0.1) is 0 Å². The van der Waals surface area contributed by atoms with Crippen LogP contribution in [-0.4, -0.2) is 34.1 Å². The predicted octanol–water partition coefficient (Wildman–Crippen LogP) is 1.22. The molecule has 7 heteroatoms. The fraction of sp³-hybridized carbons (Fsp3) is 0.714. The minimum Gasteiger partial charge on any atom is -0.477 e. The summed E-state index contributed by atoms with van der Waals surface area (Å²) in [5.41, 5.74) is 0. The third kappa shape index (κ3) is 1.97. The highest BCUT2D eigenvalue weighted by Crippen LogP contribution is 2.27. The molecule has 0 aromatic carbocycles. The zero-order valence-corrected chi connectivity index (χ0v) is 7.63. The van der Waals surface area contributed by atoms with E-state index in [1.807, 2.05) is 0 Å². The summed E-state index contributed by atoms with van der Waals surface area (Å²) < 4.78 is 38.9. The van der Waals surface area contributed by atoms with Crippen molar-refractivity contribution in [3.63, 3.8) is 0 Å². The van der Waals surface area contributed by atoms with Crippen LogP contribution >= 0.6 is 0 Å². The van der Waals surface area contributed by atoms with Crippen molar-refractivity contribution in [2.75, 3.05) is 0 Å². The molecule has 0 spiro atoms. The van der Waals surface area contributed by atoms with E-state index >= 15 is 0 Å². The van der Waals surface area contributed by atoms with Crippen molar-refractivity contribution in [1.82, 2.24) is 5.12 Å². The number of rotatable bonds is 4. The lowest BCUT2D eigenvalue weighted by molar-refractivity contribution is -0.215. The summed E-state index contributed by atoms with van der Waals surface area (Å²) in [6, 6.07) is 0. The molecule has 0 aromatic heterocycles.